The van der Waals surface area contributed by atoms with E-state index in [1.807, 2.05) is 0 Å². The van der Waals surface area contributed by atoms with Gasteiger partial charge in [-0.3, -0.25) is 5.43 Å². The van der Waals surface area contributed by atoms with Crippen molar-refractivity contribution in [1.29, 1.82) is 0 Å². The predicted molar refractivity (Wildman–Crippen MR) is 71.1 cm³/mol. The standard InChI is InChI=1S/C12H12F4N4O/c1-6(2)17-18-7-3-4-8-9(5-7)20(11(15)16)12(21)19(8)10(13)14/h3-5,10-11,18H,1-2H3. The van der Waals surface area contributed by atoms with Gasteiger partial charge in [0.25, 0.3) is 0 Å². The first-order chi connectivity index (χ1) is 9.82. The predicted octanol–water partition coefficient (Wildman–Crippen LogP) is 3.40. The summed E-state index contributed by atoms with van der Waals surface area (Å²) in [5, 5.41) is 3.88. The second-order valence-corrected chi connectivity index (χ2v) is 4.45. The summed E-state index contributed by atoms with van der Waals surface area (Å²) in [5.41, 5.74) is 1.58. The van der Waals surface area contributed by atoms with Gasteiger partial charge >= 0.3 is 18.8 Å². The Balaban J connectivity index is 2.68. The fourth-order valence-electron chi connectivity index (χ4n) is 1.87. The molecule has 21 heavy (non-hydrogen) atoms. The van der Waals surface area contributed by atoms with E-state index in [0.717, 1.165) is 0 Å². The maximum absolute atomic E-state index is 12.9. The molecular formula is C12H12F4N4O. The van der Waals surface area contributed by atoms with Crippen molar-refractivity contribution >= 4 is 22.4 Å². The van der Waals surface area contributed by atoms with Crippen molar-refractivity contribution in [3.05, 3.63) is 28.7 Å². The summed E-state index contributed by atoms with van der Waals surface area (Å²) in [6, 6.07) is 3.72. The third-order valence-electron chi connectivity index (χ3n) is 2.71. The molecule has 0 radical (unpaired) electrons. The second kappa shape index (κ2) is 5.58. The molecule has 5 nitrogen and oxygen atoms in total. The Hall–Kier alpha value is -2.32. The Morgan fingerprint density at radius 1 is 1.10 bits per heavy atom. The van der Waals surface area contributed by atoms with Gasteiger partial charge in [0, 0.05) is 5.71 Å². The van der Waals surface area contributed by atoms with Crippen LogP contribution in [0.5, 0.6) is 0 Å². The Bertz CT molecular complexity index is 744. The summed E-state index contributed by atoms with van der Waals surface area (Å²) in [4.78, 5) is 11.7. The fourth-order valence-corrected chi connectivity index (χ4v) is 1.87. The molecule has 0 spiro atoms. The lowest BCUT2D eigenvalue weighted by Gasteiger charge is -2.04. The third kappa shape index (κ3) is 2.76. The van der Waals surface area contributed by atoms with Gasteiger partial charge in [0.1, 0.15) is 0 Å². The lowest BCUT2D eigenvalue weighted by atomic mass is 10.3. The smallest absolute Gasteiger partial charge is 0.279 e. The zero-order chi connectivity index (χ0) is 15.7. The Morgan fingerprint density at radius 3 is 2.19 bits per heavy atom. The van der Waals surface area contributed by atoms with Crippen LogP contribution in [0.2, 0.25) is 0 Å². The number of hydrazone groups is 1. The number of aromatic nitrogens is 2. The van der Waals surface area contributed by atoms with Crippen molar-refractivity contribution in [2.24, 2.45) is 5.10 Å². The summed E-state index contributed by atoms with van der Waals surface area (Å²) >= 11 is 0. The molecular weight excluding hydrogens is 292 g/mol. The van der Waals surface area contributed by atoms with Crippen LogP contribution in [-0.2, 0) is 0 Å². The van der Waals surface area contributed by atoms with Gasteiger partial charge in [-0.15, -0.1) is 0 Å². The molecule has 0 saturated heterocycles. The topological polar surface area (TPSA) is 51.3 Å². The van der Waals surface area contributed by atoms with Crippen LogP contribution in [0.3, 0.4) is 0 Å². The molecule has 0 amide bonds. The fraction of sp³-hybridized carbons (Fsp3) is 0.333. The number of halogens is 4. The minimum Gasteiger partial charge on any atom is -0.279 e. The van der Waals surface area contributed by atoms with Gasteiger partial charge in [-0.25, -0.2) is 13.9 Å². The molecule has 0 bridgehead atoms. The van der Waals surface area contributed by atoms with Crippen molar-refractivity contribution in [3.8, 4) is 0 Å². The molecule has 0 fully saturated rings. The van der Waals surface area contributed by atoms with Gasteiger partial charge < -0.3 is 0 Å². The number of alkyl halides is 4. The number of anilines is 1. The van der Waals surface area contributed by atoms with E-state index in [1.54, 1.807) is 13.8 Å². The zero-order valence-corrected chi connectivity index (χ0v) is 11.1. The average molecular weight is 304 g/mol. The van der Waals surface area contributed by atoms with Crippen LogP contribution in [0.15, 0.2) is 28.1 Å². The van der Waals surface area contributed by atoms with Crippen LogP contribution in [-0.4, -0.2) is 14.8 Å². The van der Waals surface area contributed by atoms with Crippen LogP contribution >= 0.6 is 0 Å². The zero-order valence-electron chi connectivity index (χ0n) is 11.1. The molecule has 2 rings (SSSR count). The van der Waals surface area contributed by atoms with Crippen LogP contribution in [0.1, 0.15) is 26.9 Å². The lowest BCUT2D eigenvalue weighted by molar-refractivity contribution is 0.0519. The summed E-state index contributed by atoms with van der Waals surface area (Å²) in [6.45, 7) is -2.98. The van der Waals surface area contributed by atoms with Crippen molar-refractivity contribution in [2.45, 2.75) is 26.9 Å². The summed E-state index contributed by atoms with van der Waals surface area (Å²) < 4.78 is 51.6. The van der Waals surface area contributed by atoms with E-state index in [-0.39, 0.29) is 20.2 Å². The highest BCUT2D eigenvalue weighted by Crippen LogP contribution is 2.25. The first-order valence-electron chi connectivity index (χ1n) is 5.92. The molecule has 1 N–H and O–H groups in total. The number of hydrogen-bond acceptors (Lipinski definition) is 3. The lowest BCUT2D eigenvalue weighted by Crippen LogP contribution is -2.25. The average Bonchev–Trinajstić information content (AvgIpc) is 2.67. The largest absolute Gasteiger partial charge is 0.338 e. The van der Waals surface area contributed by atoms with Crippen LogP contribution < -0.4 is 11.1 Å². The monoisotopic (exact) mass is 304 g/mol. The molecule has 0 aliphatic rings. The minimum atomic E-state index is -3.22. The Morgan fingerprint density at radius 2 is 1.67 bits per heavy atom. The Kier molecular flexibility index (Phi) is 4.01. The van der Waals surface area contributed by atoms with E-state index < -0.39 is 18.8 Å². The van der Waals surface area contributed by atoms with E-state index in [0.29, 0.717) is 11.4 Å². The quantitative estimate of drug-likeness (QED) is 0.535. The first-order valence-corrected chi connectivity index (χ1v) is 5.92. The van der Waals surface area contributed by atoms with E-state index in [9.17, 15) is 22.4 Å². The highest BCUT2D eigenvalue weighted by atomic mass is 19.3. The van der Waals surface area contributed by atoms with Gasteiger partial charge in [-0.2, -0.15) is 22.7 Å². The number of benzene rings is 1. The summed E-state index contributed by atoms with van der Waals surface area (Å²) in [6.07, 6.45) is 0. The van der Waals surface area contributed by atoms with Gasteiger partial charge in [0.15, 0.2) is 0 Å². The molecule has 1 heterocycles. The van der Waals surface area contributed by atoms with Gasteiger partial charge in [-0.1, -0.05) is 0 Å². The molecule has 0 atom stereocenters. The SMILES string of the molecule is CC(C)=NNc1ccc2c(c1)n(C(F)F)c(=O)n2C(F)F. The van der Waals surface area contributed by atoms with E-state index in [2.05, 4.69) is 10.5 Å². The van der Waals surface area contributed by atoms with Crippen LogP contribution in [0.4, 0.5) is 23.2 Å². The van der Waals surface area contributed by atoms with Crippen LogP contribution in [0.25, 0.3) is 11.0 Å². The second-order valence-electron chi connectivity index (χ2n) is 4.45. The molecule has 0 aliphatic carbocycles. The number of rotatable bonds is 4. The van der Waals surface area contributed by atoms with Crippen molar-refractivity contribution in [2.75, 3.05) is 5.43 Å². The molecule has 9 heteroatoms. The first kappa shape index (κ1) is 15.1. The van der Waals surface area contributed by atoms with Crippen LogP contribution in [0, 0.1) is 0 Å². The van der Waals surface area contributed by atoms with E-state index in [4.69, 9.17) is 0 Å². The van der Waals surface area contributed by atoms with Gasteiger partial charge in [-0.05, 0) is 32.0 Å². The number of nitrogens with one attached hydrogen (secondary N) is 1. The molecule has 114 valence electrons. The van der Waals surface area contributed by atoms with Gasteiger partial charge in [0.05, 0.1) is 16.7 Å². The number of fused-ring (bicyclic) bond motifs is 1. The van der Waals surface area contributed by atoms with E-state index >= 15 is 0 Å². The Labute approximate surface area is 116 Å². The van der Waals surface area contributed by atoms with E-state index in [1.165, 1.54) is 18.2 Å². The molecule has 2 aromatic rings. The maximum atomic E-state index is 12.9. The highest BCUT2D eigenvalue weighted by molar-refractivity contribution is 5.82. The molecule has 0 unspecified atom stereocenters. The normalized spacial score (nSPS) is 11.4. The molecule has 1 aromatic carbocycles. The third-order valence-corrected chi connectivity index (χ3v) is 2.71. The molecule has 0 aliphatic heterocycles. The number of nitrogens with zero attached hydrogens (tertiary/aromatic N) is 3. The number of hydrogen-bond donors (Lipinski definition) is 1. The van der Waals surface area contributed by atoms with Crippen molar-refractivity contribution in [3.63, 3.8) is 0 Å². The summed E-state index contributed by atoms with van der Waals surface area (Å²) in [5.74, 6) is 0. The molecule has 1 aromatic heterocycles. The van der Waals surface area contributed by atoms with Crippen molar-refractivity contribution in [1.82, 2.24) is 9.13 Å². The molecule has 0 saturated carbocycles. The summed E-state index contributed by atoms with van der Waals surface area (Å²) in [7, 11) is 0. The van der Waals surface area contributed by atoms with Crippen molar-refractivity contribution < 1.29 is 17.6 Å². The highest BCUT2D eigenvalue weighted by Gasteiger charge is 2.23. The maximum Gasteiger partial charge on any atom is 0.338 e. The van der Waals surface area contributed by atoms with Gasteiger partial charge in [0.2, 0.25) is 0 Å². The number of imidazole rings is 1. The minimum absolute atomic E-state index is 0.0230.